The molecule has 1 saturated heterocycles. The minimum atomic E-state index is -1.11. The number of aliphatic carboxylic acids is 1. The zero-order valence-electron chi connectivity index (χ0n) is 15.1. The van der Waals surface area contributed by atoms with Crippen LogP contribution >= 0.6 is 0 Å². The Morgan fingerprint density at radius 3 is 2.71 bits per heavy atom. The SMILES string of the molecule is NC(CCCC(=O)c1cccc2c1CN(C1CCC(=O)NC1=O)C2=O)C(=O)O. The maximum absolute atomic E-state index is 12.7. The number of carbonyl (C=O) groups is 5. The quantitative estimate of drug-likeness (QED) is 0.448. The summed E-state index contributed by atoms with van der Waals surface area (Å²) in [5.41, 5.74) is 6.78. The Kier molecular flexibility index (Phi) is 5.55. The van der Waals surface area contributed by atoms with E-state index in [0.717, 1.165) is 0 Å². The van der Waals surface area contributed by atoms with E-state index in [4.69, 9.17) is 10.8 Å². The Balaban J connectivity index is 1.73. The molecule has 0 bridgehead atoms. The van der Waals surface area contributed by atoms with Gasteiger partial charge in [0.1, 0.15) is 12.1 Å². The largest absolute Gasteiger partial charge is 0.480 e. The van der Waals surface area contributed by atoms with Gasteiger partial charge in [0, 0.05) is 30.5 Å². The number of nitrogens with two attached hydrogens (primary N) is 1. The van der Waals surface area contributed by atoms with Gasteiger partial charge in [0.25, 0.3) is 5.91 Å². The van der Waals surface area contributed by atoms with Crippen LogP contribution in [-0.2, 0) is 20.9 Å². The highest BCUT2D eigenvalue weighted by Crippen LogP contribution is 2.30. The molecule has 1 fully saturated rings. The van der Waals surface area contributed by atoms with Crippen molar-refractivity contribution in [3.63, 3.8) is 0 Å². The molecule has 0 aromatic heterocycles. The van der Waals surface area contributed by atoms with Crippen LogP contribution in [0.5, 0.6) is 0 Å². The van der Waals surface area contributed by atoms with Gasteiger partial charge in [0.05, 0.1) is 0 Å². The van der Waals surface area contributed by atoms with Gasteiger partial charge in [-0.05, 0) is 30.9 Å². The second-order valence-electron chi connectivity index (χ2n) is 6.99. The van der Waals surface area contributed by atoms with Crippen LogP contribution in [0.4, 0.5) is 0 Å². The van der Waals surface area contributed by atoms with Crippen molar-refractivity contribution in [2.45, 2.75) is 50.7 Å². The first-order valence-electron chi connectivity index (χ1n) is 9.07. The molecule has 1 aromatic carbocycles. The number of carbonyl (C=O) groups excluding carboxylic acids is 4. The van der Waals surface area contributed by atoms with Gasteiger partial charge in [-0.2, -0.15) is 0 Å². The number of ketones is 1. The first kappa shape index (κ1) is 19.7. The number of carboxylic acids is 1. The lowest BCUT2D eigenvalue weighted by atomic mass is 9.96. The molecule has 0 aliphatic carbocycles. The van der Waals surface area contributed by atoms with Crippen molar-refractivity contribution in [1.29, 1.82) is 0 Å². The van der Waals surface area contributed by atoms with Crippen LogP contribution in [0.15, 0.2) is 18.2 Å². The Hall–Kier alpha value is -3.07. The van der Waals surface area contributed by atoms with Crippen molar-refractivity contribution >= 4 is 29.5 Å². The molecular weight excluding hydrogens is 366 g/mol. The molecule has 9 nitrogen and oxygen atoms in total. The van der Waals surface area contributed by atoms with Crippen molar-refractivity contribution in [2.24, 2.45) is 5.73 Å². The van der Waals surface area contributed by atoms with E-state index in [2.05, 4.69) is 5.32 Å². The summed E-state index contributed by atoms with van der Waals surface area (Å²) in [5, 5.41) is 11.0. The Labute approximate surface area is 160 Å². The lowest BCUT2D eigenvalue weighted by molar-refractivity contribution is -0.139. The zero-order chi connectivity index (χ0) is 20.4. The zero-order valence-corrected chi connectivity index (χ0v) is 15.1. The second kappa shape index (κ2) is 7.89. The van der Waals surface area contributed by atoms with Crippen LogP contribution < -0.4 is 11.1 Å². The van der Waals surface area contributed by atoms with Gasteiger partial charge in [-0.3, -0.25) is 29.3 Å². The normalized spacial score (nSPS) is 20.0. The van der Waals surface area contributed by atoms with E-state index in [1.807, 2.05) is 0 Å². The summed E-state index contributed by atoms with van der Waals surface area (Å²) in [7, 11) is 0. The third kappa shape index (κ3) is 3.79. The molecular formula is C19H21N3O6. The first-order valence-corrected chi connectivity index (χ1v) is 9.07. The van der Waals surface area contributed by atoms with Crippen LogP contribution in [0.25, 0.3) is 0 Å². The number of Topliss-reactive ketones (excluding diaryl/α,β-unsaturated/α-hetero) is 1. The maximum Gasteiger partial charge on any atom is 0.320 e. The molecule has 0 radical (unpaired) electrons. The highest BCUT2D eigenvalue weighted by molar-refractivity contribution is 6.08. The average Bonchev–Trinajstić information content (AvgIpc) is 2.98. The van der Waals surface area contributed by atoms with E-state index in [1.165, 1.54) is 4.90 Å². The summed E-state index contributed by atoms with van der Waals surface area (Å²) in [6.07, 6.45) is 1.02. The highest BCUT2D eigenvalue weighted by Gasteiger charge is 2.40. The molecule has 0 saturated carbocycles. The highest BCUT2D eigenvalue weighted by atomic mass is 16.4. The molecule has 9 heteroatoms. The molecule has 4 N–H and O–H groups in total. The fraction of sp³-hybridized carbons (Fsp3) is 0.421. The van der Waals surface area contributed by atoms with Crippen molar-refractivity contribution in [1.82, 2.24) is 10.2 Å². The predicted molar refractivity (Wildman–Crippen MR) is 96.3 cm³/mol. The van der Waals surface area contributed by atoms with E-state index >= 15 is 0 Å². The lowest BCUT2D eigenvalue weighted by Crippen LogP contribution is -2.52. The van der Waals surface area contributed by atoms with Crippen molar-refractivity contribution in [2.75, 3.05) is 0 Å². The van der Waals surface area contributed by atoms with Gasteiger partial charge in [-0.25, -0.2) is 0 Å². The van der Waals surface area contributed by atoms with E-state index in [1.54, 1.807) is 18.2 Å². The first-order chi connectivity index (χ1) is 13.3. The number of nitrogens with one attached hydrogen (secondary N) is 1. The molecule has 2 aliphatic rings. The van der Waals surface area contributed by atoms with Gasteiger partial charge in [0.15, 0.2) is 5.78 Å². The minimum absolute atomic E-state index is 0.115. The predicted octanol–water partition coefficient (Wildman–Crippen LogP) is 0.212. The number of hydrogen-bond acceptors (Lipinski definition) is 6. The molecule has 2 unspecified atom stereocenters. The summed E-state index contributed by atoms with van der Waals surface area (Å²) in [6.45, 7) is 0.122. The Morgan fingerprint density at radius 2 is 2.04 bits per heavy atom. The number of rotatable bonds is 7. The van der Waals surface area contributed by atoms with Crippen molar-refractivity contribution < 1.29 is 29.1 Å². The molecule has 2 aliphatic heterocycles. The topological polar surface area (TPSA) is 147 Å². The van der Waals surface area contributed by atoms with Crippen molar-refractivity contribution in [3.8, 4) is 0 Å². The third-order valence-electron chi connectivity index (χ3n) is 5.12. The molecule has 0 spiro atoms. The molecule has 1 aromatic rings. The second-order valence-corrected chi connectivity index (χ2v) is 6.99. The van der Waals surface area contributed by atoms with Gasteiger partial charge in [0.2, 0.25) is 11.8 Å². The van der Waals surface area contributed by atoms with Gasteiger partial charge >= 0.3 is 5.97 Å². The third-order valence-corrected chi connectivity index (χ3v) is 5.12. The maximum atomic E-state index is 12.7. The minimum Gasteiger partial charge on any atom is -0.480 e. The molecule has 2 atom stereocenters. The standard InChI is InChI=1S/C19H21N3O6/c20-13(19(27)28)5-2-6-15(23)10-3-1-4-11-12(10)9-22(18(11)26)14-7-8-16(24)21-17(14)25/h1,3-4,13-14H,2,5-9,20H2,(H,27,28)(H,21,24,25). The van der Waals surface area contributed by atoms with Crippen LogP contribution in [-0.4, -0.2) is 51.6 Å². The summed E-state index contributed by atoms with van der Waals surface area (Å²) < 4.78 is 0. The fourth-order valence-corrected chi connectivity index (χ4v) is 3.59. The van der Waals surface area contributed by atoms with Crippen LogP contribution in [0.2, 0.25) is 0 Å². The molecule has 3 amide bonds. The van der Waals surface area contributed by atoms with Crippen LogP contribution in [0, 0.1) is 0 Å². The number of carboxylic acid groups (broad SMARTS) is 1. The Morgan fingerprint density at radius 1 is 1.29 bits per heavy atom. The summed E-state index contributed by atoms with van der Waals surface area (Å²) in [5.74, 6) is -2.52. The van der Waals surface area contributed by atoms with E-state index in [0.29, 0.717) is 23.1 Å². The van der Waals surface area contributed by atoms with Crippen molar-refractivity contribution in [3.05, 3.63) is 34.9 Å². The number of nitrogens with zero attached hydrogens (tertiary/aromatic N) is 1. The Bertz CT molecular complexity index is 865. The molecule has 2 heterocycles. The molecule has 148 valence electrons. The van der Waals surface area contributed by atoms with Gasteiger partial charge in [-0.1, -0.05) is 12.1 Å². The van der Waals surface area contributed by atoms with E-state index in [9.17, 15) is 24.0 Å². The van der Waals surface area contributed by atoms with E-state index in [-0.39, 0.29) is 49.8 Å². The van der Waals surface area contributed by atoms with Gasteiger partial charge < -0.3 is 15.7 Å². The number of imide groups is 1. The summed E-state index contributed by atoms with van der Waals surface area (Å²) in [6, 6.07) is 3.09. The number of piperidine rings is 1. The summed E-state index contributed by atoms with van der Waals surface area (Å²) >= 11 is 0. The van der Waals surface area contributed by atoms with Crippen LogP contribution in [0.1, 0.15) is 58.4 Å². The lowest BCUT2D eigenvalue weighted by Gasteiger charge is -2.29. The smallest absolute Gasteiger partial charge is 0.320 e. The number of fused-ring (bicyclic) bond motifs is 1. The fourth-order valence-electron chi connectivity index (χ4n) is 3.59. The van der Waals surface area contributed by atoms with Gasteiger partial charge in [-0.15, -0.1) is 0 Å². The monoisotopic (exact) mass is 387 g/mol. The summed E-state index contributed by atoms with van der Waals surface area (Å²) in [4.78, 5) is 61.0. The molecule has 3 rings (SSSR count). The van der Waals surface area contributed by atoms with E-state index < -0.39 is 24.0 Å². The number of hydrogen-bond donors (Lipinski definition) is 3. The van der Waals surface area contributed by atoms with Crippen LogP contribution in [0.3, 0.4) is 0 Å². The molecule has 28 heavy (non-hydrogen) atoms. The average molecular weight is 387 g/mol. The number of amides is 3. The number of benzene rings is 1.